The third-order valence-corrected chi connectivity index (χ3v) is 12.0. The number of allylic oxidation sites excluding steroid dienone is 6. The molecule has 352 valence electrons. The SMILES string of the molecule is CCCCC/C=C\C/C=C\C/C=C\CCCCCCC(CC(=O)NC(CO)C(O)CCCCCCCCCCCCCCCCC)OC(=O)CCCCCCCCCCC. The summed E-state index contributed by atoms with van der Waals surface area (Å²) < 4.78 is 5.91. The van der Waals surface area contributed by atoms with Gasteiger partial charge < -0.3 is 20.3 Å². The highest BCUT2D eigenvalue weighted by Gasteiger charge is 2.24. The minimum absolute atomic E-state index is 0.0661. The number of amides is 1. The van der Waals surface area contributed by atoms with Gasteiger partial charge in [0.05, 0.1) is 25.2 Å². The maximum atomic E-state index is 13.2. The smallest absolute Gasteiger partial charge is 0.306 e. The second-order valence-electron chi connectivity index (χ2n) is 17.9. The standard InChI is InChI=1S/C54H101NO5/c1-4-7-10-13-16-19-21-23-25-26-28-29-31-34-36-39-42-45-50(60-54(59)47-44-41-38-33-18-15-12-9-6-3)48-53(58)55-51(49-56)52(57)46-43-40-37-35-32-30-27-24-22-20-17-14-11-8-5-2/h16,19,23,25,28-29,50-52,56-57H,4-15,17-18,20-22,24,26-27,30-49H2,1-3H3,(H,55,58)/b19-16-,25-23-,29-28-. The van der Waals surface area contributed by atoms with Gasteiger partial charge in [-0.2, -0.15) is 0 Å². The van der Waals surface area contributed by atoms with Gasteiger partial charge in [0, 0.05) is 6.42 Å². The predicted octanol–water partition coefficient (Wildman–Crippen LogP) is 15.7. The Hall–Kier alpha value is -1.92. The van der Waals surface area contributed by atoms with Gasteiger partial charge in [-0.05, 0) is 64.2 Å². The molecule has 0 aromatic heterocycles. The molecule has 0 saturated carbocycles. The number of esters is 1. The molecular weight excluding hydrogens is 743 g/mol. The molecule has 0 aliphatic rings. The molecule has 6 heteroatoms. The molecule has 0 fully saturated rings. The van der Waals surface area contributed by atoms with Gasteiger partial charge in [-0.1, -0.05) is 231 Å². The van der Waals surface area contributed by atoms with Crippen molar-refractivity contribution in [3.63, 3.8) is 0 Å². The molecule has 0 saturated heterocycles. The van der Waals surface area contributed by atoms with Crippen molar-refractivity contribution >= 4 is 11.9 Å². The van der Waals surface area contributed by atoms with E-state index in [0.717, 1.165) is 83.5 Å². The van der Waals surface area contributed by atoms with E-state index in [1.165, 1.54) is 141 Å². The molecular formula is C54H101NO5. The van der Waals surface area contributed by atoms with Crippen molar-refractivity contribution in [1.29, 1.82) is 0 Å². The zero-order chi connectivity index (χ0) is 43.8. The van der Waals surface area contributed by atoms with Crippen molar-refractivity contribution in [2.75, 3.05) is 6.61 Å². The van der Waals surface area contributed by atoms with Crippen LogP contribution in [0.2, 0.25) is 0 Å². The first-order valence-corrected chi connectivity index (χ1v) is 26.2. The van der Waals surface area contributed by atoms with E-state index in [0.29, 0.717) is 19.3 Å². The van der Waals surface area contributed by atoms with Gasteiger partial charge in [0.1, 0.15) is 6.10 Å². The summed E-state index contributed by atoms with van der Waals surface area (Å²) in [6.45, 7) is 6.45. The maximum Gasteiger partial charge on any atom is 0.306 e. The molecule has 0 bridgehead atoms. The van der Waals surface area contributed by atoms with E-state index >= 15 is 0 Å². The minimum Gasteiger partial charge on any atom is -0.462 e. The van der Waals surface area contributed by atoms with Crippen LogP contribution in [0, 0.1) is 0 Å². The van der Waals surface area contributed by atoms with Crippen LogP contribution in [-0.4, -0.2) is 46.9 Å². The van der Waals surface area contributed by atoms with Crippen molar-refractivity contribution in [1.82, 2.24) is 5.32 Å². The highest BCUT2D eigenvalue weighted by Crippen LogP contribution is 2.18. The van der Waals surface area contributed by atoms with Crippen LogP contribution in [0.15, 0.2) is 36.5 Å². The summed E-state index contributed by atoms with van der Waals surface area (Å²) in [5.74, 6) is -0.488. The molecule has 60 heavy (non-hydrogen) atoms. The van der Waals surface area contributed by atoms with E-state index in [1.807, 2.05) is 0 Å². The summed E-state index contributed by atoms with van der Waals surface area (Å²) in [5.41, 5.74) is 0. The molecule has 3 N–H and O–H groups in total. The molecule has 0 heterocycles. The zero-order valence-corrected chi connectivity index (χ0v) is 40.1. The van der Waals surface area contributed by atoms with Gasteiger partial charge in [0.25, 0.3) is 0 Å². The molecule has 3 atom stereocenters. The van der Waals surface area contributed by atoms with E-state index in [4.69, 9.17) is 4.74 Å². The Labute approximate surface area is 373 Å². The first-order valence-electron chi connectivity index (χ1n) is 26.2. The van der Waals surface area contributed by atoms with Crippen LogP contribution in [-0.2, 0) is 14.3 Å². The third-order valence-electron chi connectivity index (χ3n) is 12.0. The largest absolute Gasteiger partial charge is 0.462 e. The van der Waals surface area contributed by atoms with Gasteiger partial charge in [-0.15, -0.1) is 0 Å². The molecule has 0 radical (unpaired) electrons. The van der Waals surface area contributed by atoms with E-state index in [2.05, 4.69) is 62.5 Å². The summed E-state index contributed by atoms with van der Waals surface area (Å²) in [6.07, 6.45) is 56.3. The van der Waals surface area contributed by atoms with E-state index in [9.17, 15) is 19.8 Å². The number of unbranched alkanes of at least 4 members (excludes halogenated alkanes) is 29. The minimum atomic E-state index is -0.791. The molecule has 1 amide bonds. The fraction of sp³-hybridized carbons (Fsp3) is 0.852. The summed E-state index contributed by atoms with van der Waals surface area (Å²) in [7, 11) is 0. The van der Waals surface area contributed by atoms with Crippen molar-refractivity contribution in [2.45, 2.75) is 289 Å². The number of aliphatic hydroxyl groups excluding tert-OH is 2. The molecule has 0 aromatic rings. The van der Waals surface area contributed by atoms with Crippen molar-refractivity contribution < 1.29 is 24.5 Å². The Bertz CT molecular complexity index is 993. The summed E-state index contributed by atoms with van der Waals surface area (Å²) in [4.78, 5) is 26.1. The lowest BCUT2D eigenvalue weighted by Crippen LogP contribution is -2.46. The second-order valence-corrected chi connectivity index (χ2v) is 17.9. The summed E-state index contributed by atoms with van der Waals surface area (Å²) >= 11 is 0. The Kier molecular flexibility index (Phi) is 46.6. The van der Waals surface area contributed by atoms with Crippen LogP contribution in [0.5, 0.6) is 0 Å². The normalized spacial score (nSPS) is 13.5. The van der Waals surface area contributed by atoms with E-state index in [1.54, 1.807) is 0 Å². The number of aliphatic hydroxyl groups is 2. The van der Waals surface area contributed by atoms with Crippen LogP contribution >= 0.6 is 0 Å². The number of rotatable bonds is 47. The number of carbonyl (C=O) groups excluding carboxylic acids is 2. The van der Waals surface area contributed by atoms with Crippen molar-refractivity contribution in [2.24, 2.45) is 0 Å². The number of hydrogen-bond acceptors (Lipinski definition) is 5. The lowest BCUT2D eigenvalue weighted by Gasteiger charge is -2.24. The summed E-state index contributed by atoms with van der Waals surface area (Å²) in [5, 5.41) is 23.8. The molecule has 0 aliphatic carbocycles. The topological polar surface area (TPSA) is 95.9 Å². The predicted molar refractivity (Wildman–Crippen MR) is 259 cm³/mol. The van der Waals surface area contributed by atoms with E-state index in [-0.39, 0.29) is 24.9 Å². The Balaban J connectivity index is 4.54. The third kappa shape index (κ3) is 42.8. The van der Waals surface area contributed by atoms with Gasteiger partial charge in [0.2, 0.25) is 5.91 Å². The van der Waals surface area contributed by atoms with Gasteiger partial charge >= 0.3 is 5.97 Å². The second kappa shape index (κ2) is 48.1. The molecule has 6 nitrogen and oxygen atoms in total. The Morgan fingerprint density at radius 1 is 0.483 bits per heavy atom. The highest BCUT2D eigenvalue weighted by molar-refractivity contribution is 5.77. The van der Waals surface area contributed by atoms with Gasteiger partial charge in [-0.3, -0.25) is 9.59 Å². The van der Waals surface area contributed by atoms with Crippen molar-refractivity contribution in [3.05, 3.63) is 36.5 Å². The fourth-order valence-electron chi connectivity index (χ4n) is 7.97. The lowest BCUT2D eigenvalue weighted by atomic mass is 10.0. The quantitative estimate of drug-likeness (QED) is 0.0322. The van der Waals surface area contributed by atoms with E-state index < -0.39 is 18.2 Å². The molecule has 3 unspecified atom stereocenters. The monoisotopic (exact) mass is 844 g/mol. The number of carbonyl (C=O) groups is 2. The Morgan fingerprint density at radius 2 is 0.850 bits per heavy atom. The number of ether oxygens (including phenoxy) is 1. The molecule has 0 aliphatic heterocycles. The number of hydrogen-bond donors (Lipinski definition) is 3. The number of nitrogens with one attached hydrogen (secondary N) is 1. The molecule has 0 aromatic carbocycles. The summed E-state index contributed by atoms with van der Waals surface area (Å²) in [6, 6.07) is -0.705. The van der Waals surface area contributed by atoms with Gasteiger partial charge in [-0.25, -0.2) is 0 Å². The van der Waals surface area contributed by atoms with Crippen LogP contribution in [0.1, 0.15) is 271 Å². The van der Waals surface area contributed by atoms with Gasteiger partial charge in [0.15, 0.2) is 0 Å². The van der Waals surface area contributed by atoms with Crippen LogP contribution in [0.3, 0.4) is 0 Å². The fourth-order valence-corrected chi connectivity index (χ4v) is 7.97. The molecule has 0 rings (SSSR count). The zero-order valence-electron chi connectivity index (χ0n) is 40.1. The first kappa shape index (κ1) is 58.1. The van der Waals surface area contributed by atoms with Crippen molar-refractivity contribution in [3.8, 4) is 0 Å². The van der Waals surface area contributed by atoms with Crippen LogP contribution in [0.25, 0.3) is 0 Å². The van der Waals surface area contributed by atoms with Crippen LogP contribution < -0.4 is 5.32 Å². The lowest BCUT2D eigenvalue weighted by molar-refractivity contribution is -0.151. The molecule has 0 spiro atoms. The average Bonchev–Trinajstić information content (AvgIpc) is 3.24. The average molecular weight is 844 g/mol. The first-order chi connectivity index (χ1) is 29.5. The Morgan fingerprint density at radius 3 is 1.32 bits per heavy atom. The highest BCUT2D eigenvalue weighted by atomic mass is 16.5. The maximum absolute atomic E-state index is 13.2. The van der Waals surface area contributed by atoms with Crippen LogP contribution in [0.4, 0.5) is 0 Å².